The van der Waals surface area contributed by atoms with Crippen LogP contribution in [0.1, 0.15) is 5.56 Å². The van der Waals surface area contributed by atoms with Gasteiger partial charge in [0.05, 0.1) is 0 Å². The van der Waals surface area contributed by atoms with Crippen molar-refractivity contribution in [1.82, 2.24) is 0 Å². The fourth-order valence-electron chi connectivity index (χ4n) is 3.16. The molecular formula is C23H18. The van der Waals surface area contributed by atoms with E-state index in [0.717, 1.165) is 0 Å². The van der Waals surface area contributed by atoms with Crippen LogP contribution in [-0.2, 0) is 0 Å². The molecule has 0 aliphatic heterocycles. The van der Waals surface area contributed by atoms with Crippen LogP contribution in [0.4, 0.5) is 0 Å². The molecule has 23 heavy (non-hydrogen) atoms. The molecule has 110 valence electrons. The molecule has 0 aliphatic rings. The average Bonchev–Trinajstić information content (AvgIpc) is 2.62. The van der Waals surface area contributed by atoms with Crippen LogP contribution in [-0.4, -0.2) is 0 Å². The fourth-order valence-corrected chi connectivity index (χ4v) is 3.16. The van der Waals surface area contributed by atoms with E-state index in [1.165, 1.54) is 38.6 Å². The first-order valence-corrected chi connectivity index (χ1v) is 7.96. The standard InChI is InChI=1S/C23H18/c1-17-14-19-10-5-6-11-21(19)16-23(17)22-13-7-12-20(15-22)18-8-3-2-4-9-18/h2-16H,1H3. The number of hydrogen-bond acceptors (Lipinski definition) is 0. The van der Waals surface area contributed by atoms with Crippen molar-refractivity contribution in [2.24, 2.45) is 0 Å². The number of rotatable bonds is 2. The summed E-state index contributed by atoms with van der Waals surface area (Å²) in [6.45, 7) is 2.19. The Bertz CT molecular complexity index is 965. The van der Waals surface area contributed by atoms with E-state index in [4.69, 9.17) is 0 Å². The summed E-state index contributed by atoms with van der Waals surface area (Å²) in [5.74, 6) is 0. The van der Waals surface area contributed by atoms with Gasteiger partial charge in [-0.05, 0) is 57.6 Å². The Balaban J connectivity index is 1.86. The van der Waals surface area contributed by atoms with E-state index >= 15 is 0 Å². The molecule has 0 fully saturated rings. The van der Waals surface area contributed by atoms with Crippen molar-refractivity contribution >= 4 is 10.8 Å². The Kier molecular flexibility index (Phi) is 3.44. The summed E-state index contributed by atoms with van der Waals surface area (Å²) in [7, 11) is 0. The van der Waals surface area contributed by atoms with Gasteiger partial charge in [0, 0.05) is 0 Å². The molecule has 0 bridgehead atoms. The molecule has 4 aromatic carbocycles. The average molecular weight is 294 g/mol. The highest BCUT2D eigenvalue weighted by Crippen LogP contribution is 2.31. The number of fused-ring (bicyclic) bond motifs is 1. The third-order valence-corrected chi connectivity index (χ3v) is 4.37. The molecule has 0 heterocycles. The van der Waals surface area contributed by atoms with Crippen LogP contribution in [0.15, 0.2) is 91.0 Å². The molecule has 0 spiro atoms. The summed E-state index contributed by atoms with van der Waals surface area (Å²) in [5, 5.41) is 2.59. The van der Waals surface area contributed by atoms with E-state index in [0.29, 0.717) is 0 Å². The van der Waals surface area contributed by atoms with Gasteiger partial charge in [-0.15, -0.1) is 0 Å². The van der Waals surface area contributed by atoms with Crippen molar-refractivity contribution in [2.45, 2.75) is 6.92 Å². The Morgan fingerprint density at radius 2 is 1.09 bits per heavy atom. The second-order valence-corrected chi connectivity index (χ2v) is 5.96. The lowest BCUT2D eigenvalue weighted by Gasteiger charge is -2.10. The summed E-state index contributed by atoms with van der Waals surface area (Å²) in [6, 6.07) is 32.5. The molecule has 0 radical (unpaired) electrons. The molecule has 4 aromatic rings. The highest BCUT2D eigenvalue weighted by molar-refractivity contribution is 5.89. The lowest BCUT2D eigenvalue weighted by Crippen LogP contribution is -1.86. The first-order chi connectivity index (χ1) is 11.3. The van der Waals surface area contributed by atoms with Gasteiger partial charge < -0.3 is 0 Å². The smallest absolute Gasteiger partial charge is 0.0148 e. The maximum atomic E-state index is 2.30. The molecular weight excluding hydrogens is 276 g/mol. The molecule has 0 saturated carbocycles. The minimum absolute atomic E-state index is 1.26. The molecule has 0 aromatic heterocycles. The predicted molar refractivity (Wildman–Crippen MR) is 99.6 cm³/mol. The quantitative estimate of drug-likeness (QED) is 0.397. The van der Waals surface area contributed by atoms with Crippen LogP contribution in [0, 0.1) is 6.92 Å². The van der Waals surface area contributed by atoms with Crippen molar-refractivity contribution < 1.29 is 0 Å². The van der Waals surface area contributed by atoms with Crippen molar-refractivity contribution in [3.63, 3.8) is 0 Å². The minimum atomic E-state index is 1.26. The number of hydrogen-bond donors (Lipinski definition) is 0. The summed E-state index contributed by atoms with van der Waals surface area (Å²) >= 11 is 0. The SMILES string of the molecule is Cc1cc2ccccc2cc1-c1cccc(-c2ccccc2)c1. The summed E-state index contributed by atoms with van der Waals surface area (Å²) in [5.41, 5.74) is 6.41. The zero-order valence-corrected chi connectivity index (χ0v) is 13.2. The van der Waals surface area contributed by atoms with E-state index in [1.54, 1.807) is 0 Å². The molecule has 0 unspecified atom stereocenters. The van der Waals surface area contributed by atoms with Crippen LogP contribution in [0.3, 0.4) is 0 Å². The zero-order valence-electron chi connectivity index (χ0n) is 13.2. The summed E-state index contributed by atoms with van der Waals surface area (Å²) in [6.07, 6.45) is 0. The Labute approximate surface area is 137 Å². The Hall–Kier alpha value is -2.86. The van der Waals surface area contributed by atoms with Crippen molar-refractivity contribution in [1.29, 1.82) is 0 Å². The highest BCUT2D eigenvalue weighted by atomic mass is 14.1. The van der Waals surface area contributed by atoms with Crippen molar-refractivity contribution in [2.75, 3.05) is 0 Å². The lowest BCUT2D eigenvalue weighted by molar-refractivity contribution is 1.48. The fraction of sp³-hybridized carbons (Fsp3) is 0.0435. The van der Waals surface area contributed by atoms with Gasteiger partial charge in [0.25, 0.3) is 0 Å². The first kappa shape index (κ1) is 13.8. The molecule has 0 saturated heterocycles. The van der Waals surface area contributed by atoms with Crippen LogP contribution in [0.2, 0.25) is 0 Å². The number of aryl methyl sites for hydroxylation is 1. The largest absolute Gasteiger partial charge is 0.0622 e. The van der Waals surface area contributed by atoms with Crippen LogP contribution >= 0.6 is 0 Å². The van der Waals surface area contributed by atoms with Crippen molar-refractivity contribution in [3.05, 3.63) is 96.6 Å². The molecule has 4 rings (SSSR count). The van der Waals surface area contributed by atoms with Crippen LogP contribution < -0.4 is 0 Å². The van der Waals surface area contributed by atoms with Gasteiger partial charge in [-0.1, -0.05) is 78.9 Å². The molecule has 0 N–H and O–H groups in total. The number of benzene rings is 4. The third-order valence-electron chi connectivity index (χ3n) is 4.37. The summed E-state index contributed by atoms with van der Waals surface area (Å²) in [4.78, 5) is 0. The maximum Gasteiger partial charge on any atom is -0.0148 e. The highest BCUT2D eigenvalue weighted by Gasteiger charge is 2.06. The predicted octanol–water partition coefficient (Wildman–Crippen LogP) is 6.48. The van der Waals surface area contributed by atoms with Crippen LogP contribution in [0.25, 0.3) is 33.0 Å². The van der Waals surface area contributed by atoms with Gasteiger partial charge in [0.1, 0.15) is 0 Å². The lowest BCUT2D eigenvalue weighted by atomic mass is 9.94. The second-order valence-electron chi connectivity index (χ2n) is 5.96. The van der Waals surface area contributed by atoms with Gasteiger partial charge in [-0.3, -0.25) is 0 Å². The molecule has 0 amide bonds. The first-order valence-electron chi connectivity index (χ1n) is 7.96. The molecule has 0 heteroatoms. The van der Waals surface area contributed by atoms with Gasteiger partial charge >= 0.3 is 0 Å². The van der Waals surface area contributed by atoms with E-state index in [2.05, 4.69) is 97.9 Å². The molecule has 0 nitrogen and oxygen atoms in total. The van der Waals surface area contributed by atoms with E-state index in [1.807, 2.05) is 0 Å². The van der Waals surface area contributed by atoms with Gasteiger partial charge in [0.15, 0.2) is 0 Å². The Morgan fingerprint density at radius 1 is 0.478 bits per heavy atom. The molecule has 0 atom stereocenters. The summed E-state index contributed by atoms with van der Waals surface area (Å²) < 4.78 is 0. The topological polar surface area (TPSA) is 0 Å². The third kappa shape index (κ3) is 2.64. The van der Waals surface area contributed by atoms with Gasteiger partial charge in [0.2, 0.25) is 0 Å². The monoisotopic (exact) mass is 294 g/mol. The van der Waals surface area contributed by atoms with Crippen molar-refractivity contribution in [3.8, 4) is 22.3 Å². The zero-order chi connectivity index (χ0) is 15.6. The van der Waals surface area contributed by atoms with Crippen LogP contribution in [0.5, 0.6) is 0 Å². The van der Waals surface area contributed by atoms with Gasteiger partial charge in [-0.2, -0.15) is 0 Å². The maximum absolute atomic E-state index is 2.30. The minimum Gasteiger partial charge on any atom is -0.0622 e. The van der Waals surface area contributed by atoms with E-state index < -0.39 is 0 Å². The second kappa shape index (κ2) is 5.73. The molecule has 0 aliphatic carbocycles. The normalized spacial score (nSPS) is 10.8. The Morgan fingerprint density at radius 3 is 1.87 bits per heavy atom. The van der Waals surface area contributed by atoms with E-state index in [9.17, 15) is 0 Å². The van der Waals surface area contributed by atoms with Gasteiger partial charge in [-0.25, -0.2) is 0 Å². The van der Waals surface area contributed by atoms with E-state index in [-0.39, 0.29) is 0 Å².